The molecule has 4 amide bonds. The fraction of sp³-hybridized carbons (Fsp3) is 0.574. The zero-order chi connectivity index (χ0) is 88.4. The fourth-order valence-electron chi connectivity index (χ4n) is 20.2. The Morgan fingerprint density at radius 3 is 0.787 bits per heavy atom. The van der Waals surface area contributed by atoms with Crippen LogP contribution >= 0.6 is 103 Å². The monoisotopic (exact) mass is 1870 g/mol. The van der Waals surface area contributed by atoms with Crippen LogP contribution in [-0.4, -0.2) is 64.0 Å². The number of benzene rings is 3. The Bertz CT molecular complexity index is 5450. The van der Waals surface area contributed by atoms with Gasteiger partial charge in [0, 0.05) is 103 Å². The summed E-state index contributed by atoms with van der Waals surface area (Å²) >= 11 is 14.8. The number of carbonyl (C=O) groups is 4. The molecule has 9 aromatic heterocycles. The average Bonchev–Trinajstić information content (AvgIpc) is 1.55. The number of hydrogen-bond acceptors (Lipinski definition) is 17. The molecule has 0 saturated carbocycles. The predicted molar refractivity (Wildman–Crippen MR) is 557 cm³/mol. The maximum absolute atomic E-state index is 15.9. The van der Waals surface area contributed by atoms with Crippen molar-refractivity contribution >= 4 is 169 Å². The number of carbonyl (C=O) groups excluding carboxylic acids is 4. The van der Waals surface area contributed by atoms with Crippen LogP contribution in [0.4, 0.5) is 0 Å². The third-order valence-electron chi connectivity index (χ3n) is 27.3. The Morgan fingerprint density at radius 2 is 0.488 bits per heavy atom. The van der Waals surface area contributed by atoms with Crippen LogP contribution in [-0.2, 0) is 12.8 Å². The van der Waals surface area contributed by atoms with Crippen LogP contribution in [0.5, 0.6) is 0 Å². The zero-order valence-corrected chi connectivity index (χ0v) is 85.2. The number of unbranched alkanes of at least 4 members (excludes halogenated alkanes) is 34. The number of amides is 4. The molecule has 0 aliphatic carbocycles. The van der Waals surface area contributed by atoms with E-state index in [0.717, 1.165) is 113 Å². The molecular weight excluding hydrogens is 1730 g/mol. The first-order chi connectivity index (χ1) is 62.4. The van der Waals surface area contributed by atoms with E-state index >= 15 is 19.2 Å². The van der Waals surface area contributed by atoms with Crippen molar-refractivity contribution in [1.82, 2.24) is 27.3 Å². The summed E-state index contributed by atoms with van der Waals surface area (Å²) in [6.07, 6.45) is 61.3. The molecule has 2 atom stereocenters. The van der Waals surface area contributed by atoms with Crippen molar-refractivity contribution in [3.05, 3.63) is 116 Å². The molecule has 0 bridgehead atoms. The van der Waals surface area contributed by atoms with E-state index in [1.54, 1.807) is 66.5 Å². The minimum absolute atomic E-state index is 0.200. The second-order valence-electron chi connectivity index (χ2n) is 37.1. The molecule has 127 heavy (non-hydrogen) atoms. The Labute approximate surface area is 796 Å². The van der Waals surface area contributed by atoms with Gasteiger partial charge in [-0.25, -0.2) is 0 Å². The fourth-order valence-corrected chi connectivity index (χ4v) is 29.1. The van der Waals surface area contributed by atoms with Crippen molar-refractivity contribution in [3.63, 3.8) is 0 Å². The lowest BCUT2D eigenvalue weighted by atomic mass is 9.90. The molecule has 0 radical (unpaired) electrons. The summed E-state index contributed by atoms with van der Waals surface area (Å²) in [4.78, 5) is 79.3. The summed E-state index contributed by atoms with van der Waals surface area (Å²) in [7, 11) is 0. The second-order valence-corrected chi connectivity index (χ2v) is 46.1. The van der Waals surface area contributed by atoms with E-state index in [0.29, 0.717) is 69.2 Å². The molecular formula is C108H142N6O4S9. The van der Waals surface area contributed by atoms with Crippen molar-refractivity contribution in [3.8, 4) is 71.0 Å². The van der Waals surface area contributed by atoms with Crippen LogP contribution in [0, 0.1) is 25.7 Å². The number of hydrogen-bond donors (Lipinski definition) is 0. The number of fused-ring (bicyclic) bond motifs is 6. The molecule has 0 fully saturated rings. The minimum atomic E-state index is -0.208. The standard InChI is InChI=1S/C108H142N6O4S9/c1-9-15-21-27-31-33-35-37-41-47-57-77-79-71-89(83-64-67-87(122-83)93-96-95(91(85-62-60-74(8)120-85)99-100(93)110-126-109-99)105(115)113(106(96)116)69-49-55-75(51-43-25-19-13-5)53-45-39-29-23-17-11-3)124-103(79)78(58-48-42-38-36-34-32-28-22-16-10-2)80-72-90(125-104(77)80)84-65-68-88(123-84)94-98-97(92(101-102(94)112-127-111-101)86-66-63-82(121-86)81-61-59-73(7)119-81)107(117)114(108(98)118)70-50-56-76(52-44-26-20-14-6)54-46-40-30-24-18-12-4/h59-68,71-72,75-76H,9-58,69-70H2,1-8H3. The highest BCUT2D eigenvalue weighted by Crippen LogP contribution is 2.55. The SMILES string of the molecule is CCCCCCCCCCCCc1c2cc(-c3ccc(-c4c5c(c(-c6ccc(-c7ccc(C)s7)s6)c6nsnc46)C(=O)N(CCCC(CCCCCC)CCCCCCCC)C5=O)s3)sc2c(CCCCCCCCCCCC)c2cc(-c3ccc(-c4c5c(c(-c6ccc(C)s6)c6nsnc46)C(=O)N(CCCC(CCCCCC)CCCCCCCC)C5=O)s3)sc12. The zero-order valence-electron chi connectivity index (χ0n) is 77.8. The Morgan fingerprint density at radius 1 is 0.252 bits per heavy atom. The molecule has 0 saturated heterocycles. The molecule has 19 heteroatoms. The van der Waals surface area contributed by atoms with Crippen molar-refractivity contribution in [2.75, 3.05) is 13.1 Å². The van der Waals surface area contributed by atoms with E-state index in [-0.39, 0.29) is 23.6 Å². The maximum atomic E-state index is 15.9. The number of thiophene rings is 7. The molecule has 3 aromatic carbocycles. The van der Waals surface area contributed by atoms with Gasteiger partial charge in [-0.3, -0.25) is 29.0 Å². The van der Waals surface area contributed by atoms with E-state index in [4.69, 9.17) is 17.5 Å². The lowest BCUT2D eigenvalue weighted by molar-refractivity contribution is 0.0634. The van der Waals surface area contributed by atoms with E-state index in [1.807, 2.05) is 22.7 Å². The molecule has 10 nitrogen and oxygen atoms in total. The van der Waals surface area contributed by atoms with Gasteiger partial charge in [0.1, 0.15) is 22.1 Å². The van der Waals surface area contributed by atoms with E-state index in [2.05, 4.69) is 128 Å². The van der Waals surface area contributed by atoms with Gasteiger partial charge >= 0.3 is 0 Å². The van der Waals surface area contributed by atoms with Crippen molar-refractivity contribution in [1.29, 1.82) is 0 Å². The second kappa shape index (κ2) is 49.7. The summed E-state index contributed by atoms with van der Waals surface area (Å²) in [5.41, 5.74) is 10.6. The van der Waals surface area contributed by atoms with Gasteiger partial charge in [-0.1, -0.05) is 311 Å². The summed E-state index contributed by atoms with van der Waals surface area (Å²) in [6.45, 7) is 18.8. The molecule has 11 heterocycles. The first kappa shape index (κ1) is 97.0. The van der Waals surface area contributed by atoms with E-state index < -0.39 is 0 Å². The minimum Gasteiger partial charge on any atom is -0.274 e. The summed E-state index contributed by atoms with van der Waals surface area (Å²) < 4.78 is 23.2. The van der Waals surface area contributed by atoms with E-state index in [9.17, 15) is 0 Å². The van der Waals surface area contributed by atoms with Crippen molar-refractivity contribution < 1.29 is 19.2 Å². The summed E-state index contributed by atoms with van der Waals surface area (Å²) in [5.74, 6) is 0.358. The largest absolute Gasteiger partial charge is 0.274 e. The van der Waals surface area contributed by atoms with Gasteiger partial charge in [-0.05, 0) is 172 Å². The molecule has 0 spiro atoms. The Kier molecular flexibility index (Phi) is 37.9. The molecule has 2 aliphatic rings. The van der Waals surface area contributed by atoms with Crippen molar-refractivity contribution in [2.45, 2.75) is 376 Å². The van der Waals surface area contributed by atoms with Gasteiger partial charge in [0.25, 0.3) is 23.6 Å². The molecule has 2 aliphatic heterocycles. The number of aromatic nitrogens is 4. The van der Waals surface area contributed by atoms with Crippen LogP contribution in [0.2, 0.25) is 0 Å². The number of rotatable bonds is 61. The van der Waals surface area contributed by atoms with Crippen LogP contribution in [0.1, 0.15) is 412 Å². The third kappa shape index (κ3) is 24.2. The third-order valence-corrected chi connectivity index (χ3v) is 36.7. The number of imide groups is 2. The topological polar surface area (TPSA) is 126 Å². The lowest BCUT2D eigenvalue weighted by Crippen LogP contribution is -2.31. The molecule has 12 aromatic rings. The van der Waals surface area contributed by atoms with E-state index in [1.165, 1.54) is 344 Å². The van der Waals surface area contributed by atoms with Gasteiger partial charge in [0.2, 0.25) is 0 Å². The number of aryl methyl sites for hydroxylation is 4. The maximum Gasteiger partial charge on any atom is 0.262 e. The van der Waals surface area contributed by atoms with Gasteiger partial charge < -0.3 is 0 Å². The van der Waals surface area contributed by atoms with Gasteiger partial charge in [0.15, 0.2) is 0 Å². The Balaban J connectivity index is 0.828. The lowest BCUT2D eigenvalue weighted by Gasteiger charge is -2.19. The van der Waals surface area contributed by atoms with Crippen LogP contribution < -0.4 is 0 Å². The van der Waals surface area contributed by atoms with Crippen LogP contribution in [0.25, 0.3) is 113 Å². The van der Waals surface area contributed by atoms with Gasteiger partial charge in [-0.15, -0.1) is 79.4 Å². The quantitative estimate of drug-likeness (QED) is 0.0272. The summed E-state index contributed by atoms with van der Waals surface area (Å²) in [5, 5.41) is 2.72. The molecule has 682 valence electrons. The normalized spacial score (nSPS) is 13.5. The highest BCUT2D eigenvalue weighted by molar-refractivity contribution is 7.29. The summed E-state index contributed by atoms with van der Waals surface area (Å²) in [6, 6.07) is 26.9. The van der Waals surface area contributed by atoms with Crippen LogP contribution in [0.3, 0.4) is 0 Å². The van der Waals surface area contributed by atoms with Crippen LogP contribution in [0.15, 0.2) is 72.8 Å². The first-order valence-electron chi connectivity index (χ1n) is 50.2. The predicted octanol–water partition coefficient (Wildman–Crippen LogP) is 37.1. The Hall–Kier alpha value is -6.00. The highest BCUT2D eigenvalue weighted by atomic mass is 32.1. The average molecular weight is 1880 g/mol. The van der Waals surface area contributed by atoms with Crippen molar-refractivity contribution in [2.24, 2.45) is 11.8 Å². The molecule has 14 rings (SSSR count). The van der Waals surface area contributed by atoms with Gasteiger partial charge in [0.05, 0.1) is 45.7 Å². The first-order valence-corrected chi connectivity index (χ1v) is 57.4. The number of nitrogens with zero attached hydrogens (tertiary/aromatic N) is 6. The molecule has 2 unspecified atom stereocenters. The smallest absolute Gasteiger partial charge is 0.262 e. The molecule has 0 N–H and O–H groups in total. The highest BCUT2D eigenvalue weighted by Gasteiger charge is 2.45. The van der Waals surface area contributed by atoms with Gasteiger partial charge in [-0.2, -0.15) is 17.5 Å².